The highest BCUT2D eigenvalue weighted by Crippen LogP contribution is 2.40. The number of benzene rings is 2. The van der Waals surface area contributed by atoms with Crippen LogP contribution in [0.2, 0.25) is 5.02 Å². The van der Waals surface area contributed by atoms with Crippen molar-refractivity contribution < 1.29 is 9.47 Å². The number of ether oxygens (including phenoxy) is 2. The molecular formula is C23H21ClN4O2. The summed E-state index contributed by atoms with van der Waals surface area (Å²) in [5, 5.41) is 8.50. The summed E-state index contributed by atoms with van der Waals surface area (Å²) in [5.74, 6) is 1.35. The van der Waals surface area contributed by atoms with E-state index < -0.39 is 0 Å². The van der Waals surface area contributed by atoms with Gasteiger partial charge in [-0.05, 0) is 36.4 Å². The molecule has 152 valence electrons. The molecule has 0 unspecified atom stereocenters. The van der Waals surface area contributed by atoms with Gasteiger partial charge in [-0.3, -0.25) is 4.98 Å². The minimum absolute atomic E-state index is 0.562. The van der Waals surface area contributed by atoms with Crippen molar-refractivity contribution >= 4 is 17.3 Å². The molecule has 0 saturated carbocycles. The standard InChI is InChI=1S/C23H21ClN4O2/c1-29-22-14-23(30-2)19(26-15-16-7-5-6-11-25-16)13-17(22)20-10-12-27-28(20)21-9-4-3-8-18(21)24/h3-14,26H,15H2,1-2H3. The Morgan fingerprint density at radius 2 is 1.73 bits per heavy atom. The Morgan fingerprint density at radius 1 is 0.933 bits per heavy atom. The van der Waals surface area contributed by atoms with Gasteiger partial charge in [-0.2, -0.15) is 5.10 Å². The van der Waals surface area contributed by atoms with E-state index in [-0.39, 0.29) is 0 Å². The van der Waals surface area contributed by atoms with Gasteiger partial charge in [0.2, 0.25) is 0 Å². The van der Waals surface area contributed by atoms with Gasteiger partial charge >= 0.3 is 0 Å². The third-order valence-electron chi connectivity index (χ3n) is 4.71. The van der Waals surface area contributed by atoms with E-state index in [0.717, 1.165) is 28.3 Å². The second kappa shape index (κ2) is 8.88. The van der Waals surface area contributed by atoms with Crippen LogP contribution < -0.4 is 14.8 Å². The molecule has 30 heavy (non-hydrogen) atoms. The molecule has 0 aliphatic carbocycles. The highest BCUT2D eigenvalue weighted by atomic mass is 35.5. The lowest BCUT2D eigenvalue weighted by atomic mass is 10.1. The molecule has 1 N–H and O–H groups in total. The molecule has 7 heteroatoms. The van der Waals surface area contributed by atoms with E-state index >= 15 is 0 Å². The third-order valence-corrected chi connectivity index (χ3v) is 5.03. The minimum Gasteiger partial charge on any atom is -0.496 e. The fourth-order valence-corrected chi connectivity index (χ4v) is 3.46. The Labute approximate surface area is 180 Å². The van der Waals surface area contributed by atoms with E-state index in [0.29, 0.717) is 23.1 Å². The molecule has 0 atom stereocenters. The van der Waals surface area contributed by atoms with Crippen LogP contribution in [0, 0.1) is 0 Å². The first-order valence-corrected chi connectivity index (χ1v) is 9.78. The largest absolute Gasteiger partial charge is 0.496 e. The van der Waals surface area contributed by atoms with Gasteiger partial charge in [0.15, 0.2) is 0 Å². The zero-order valence-electron chi connectivity index (χ0n) is 16.7. The van der Waals surface area contributed by atoms with Gasteiger partial charge in [-0.25, -0.2) is 4.68 Å². The van der Waals surface area contributed by atoms with Crippen LogP contribution in [0.3, 0.4) is 0 Å². The molecule has 0 fully saturated rings. The lowest BCUT2D eigenvalue weighted by molar-refractivity contribution is 0.396. The average molecular weight is 421 g/mol. The Kier molecular flexibility index (Phi) is 5.86. The fourth-order valence-electron chi connectivity index (χ4n) is 3.25. The number of hydrogen-bond donors (Lipinski definition) is 1. The normalized spacial score (nSPS) is 10.6. The summed E-state index contributed by atoms with van der Waals surface area (Å²) in [5.41, 5.74) is 4.26. The van der Waals surface area contributed by atoms with Crippen LogP contribution >= 0.6 is 11.6 Å². The number of para-hydroxylation sites is 1. The van der Waals surface area contributed by atoms with Crippen LogP contribution in [0.5, 0.6) is 11.5 Å². The molecule has 0 amide bonds. The molecule has 0 aliphatic rings. The van der Waals surface area contributed by atoms with Crippen LogP contribution in [0.1, 0.15) is 5.69 Å². The average Bonchev–Trinajstić information content (AvgIpc) is 3.27. The van der Waals surface area contributed by atoms with E-state index in [9.17, 15) is 0 Å². The second-order valence-corrected chi connectivity index (χ2v) is 6.91. The predicted octanol–water partition coefficient (Wildman–Crippen LogP) is 5.22. The summed E-state index contributed by atoms with van der Waals surface area (Å²) >= 11 is 6.41. The molecule has 0 radical (unpaired) electrons. The predicted molar refractivity (Wildman–Crippen MR) is 119 cm³/mol. The first-order valence-electron chi connectivity index (χ1n) is 9.40. The Morgan fingerprint density at radius 3 is 2.47 bits per heavy atom. The van der Waals surface area contributed by atoms with E-state index in [2.05, 4.69) is 15.4 Å². The summed E-state index contributed by atoms with van der Waals surface area (Å²) < 4.78 is 13.0. The molecule has 0 aliphatic heterocycles. The van der Waals surface area contributed by atoms with E-state index in [4.69, 9.17) is 21.1 Å². The topological polar surface area (TPSA) is 61.2 Å². The zero-order chi connectivity index (χ0) is 20.9. The first-order chi connectivity index (χ1) is 14.7. The van der Waals surface area contributed by atoms with E-state index in [1.807, 2.05) is 60.7 Å². The fraction of sp³-hybridized carbons (Fsp3) is 0.130. The smallest absolute Gasteiger partial charge is 0.145 e. The third kappa shape index (κ3) is 3.95. The van der Waals surface area contributed by atoms with Gasteiger partial charge in [0, 0.05) is 17.8 Å². The van der Waals surface area contributed by atoms with Crippen molar-refractivity contribution in [3.05, 3.63) is 83.8 Å². The Balaban J connectivity index is 1.77. The maximum atomic E-state index is 6.41. The SMILES string of the molecule is COc1cc(OC)c(-c2ccnn2-c2ccccc2Cl)cc1NCc1ccccn1. The summed E-state index contributed by atoms with van der Waals surface area (Å²) in [4.78, 5) is 4.36. The van der Waals surface area contributed by atoms with Crippen LogP contribution in [0.4, 0.5) is 5.69 Å². The van der Waals surface area contributed by atoms with Crippen LogP contribution in [0.15, 0.2) is 73.1 Å². The summed E-state index contributed by atoms with van der Waals surface area (Å²) in [6.45, 7) is 0.562. The maximum Gasteiger partial charge on any atom is 0.145 e. The molecule has 2 heterocycles. The molecular weight excluding hydrogens is 400 g/mol. The zero-order valence-corrected chi connectivity index (χ0v) is 17.4. The Bertz CT molecular complexity index is 1150. The summed E-state index contributed by atoms with van der Waals surface area (Å²) in [6, 6.07) is 19.2. The highest BCUT2D eigenvalue weighted by Gasteiger charge is 2.18. The van der Waals surface area contributed by atoms with Crippen molar-refractivity contribution in [2.45, 2.75) is 6.54 Å². The number of aromatic nitrogens is 3. The van der Waals surface area contributed by atoms with Gasteiger partial charge in [0.05, 0.1) is 54.7 Å². The number of nitrogens with one attached hydrogen (secondary N) is 1. The number of pyridine rings is 1. The monoisotopic (exact) mass is 420 g/mol. The number of rotatable bonds is 7. The molecule has 6 nitrogen and oxygen atoms in total. The van der Waals surface area contributed by atoms with Crippen LogP contribution in [-0.2, 0) is 6.54 Å². The van der Waals surface area contributed by atoms with Gasteiger partial charge in [0.1, 0.15) is 11.5 Å². The number of hydrogen-bond acceptors (Lipinski definition) is 5. The van der Waals surface area contributed by atoms with Gasteiger partial charge in [-0.15, -0.1) is 0 Å². The molecule has 2 aromatic heterocycles. The summed E-state index contributed by atoms with van der Waals surface area (Å²) in [6.07, 6.45) is 3.51. The van der Waals surface area contributed by atoms with Crippen molar-refractivity contribution in [2.24, 2.45) is 0 Å². The molecule has 4 aromatic rings. The van der Waals surface area contributed by atoms with Crippen molar-refractivity contribution in [2.75, 3.05) is 19.5 Å². The minimum atomic E-state index is 0.562. The van der Waals surface area contributed by atoms with E-state index in [1.165, 1.54) is 0 Å². The number of anilines is 1. The second-order valence-electron chi connectivity index (χ2n) is 6.51. The molecule has 2 aromatic carbocycles. The lowest BCUT2D eigenvalue weighted by Crippen LogP contribution is -2.05. The summed E-state index contributed by atoms with van der Waals surface area (Å²) in [7, 11) is 3.27. The van der Waals surface area contributed by atoms with Gasteiger partial charge in [0.25, 0.3) is 0 Å². The van der Waals surface area contributed by atoms with Gasteiger partial charge in [-0.1, -0.05) is 29.8 Å². The molecule has 0 spiro atoms. The number of nitrogens with zero attached hydrogens (tertiary/aromatic N) is 3. The quantitative estimate of drug-likeness (QED) is 0.444. The Hall–Kier alpha value is -3.51. The van der Waals surface area contributed by atoms with Gasteiger partial charge < -0.3 is 14.8 Å². The van der Waals surface area contributed by atoms with Crippen molar-refractivity contribution in [1.29, 1.82) is 0 Å². The first kappa shape index (κ1) is 19.8. The lowest BCUT2D eigenvalue weighted by Gasteiger charge is -2.17. The number of methoxy groups -OCH3 is 2. The van der Waals surface area contributed by atoms with Crippen LogP contribution in [0.25, 0.3) is 16.9 Å². The number of halogens is 1. The van der Waals surface area contributed by atoms with Crippen molar-refractivity contribution in [3.63, 3.8) is 0 Å². The van der Waals surface area contributed by atoms with Crippen LogP contribution in [-0.4, -0.2) is 29.0 Å². The van der Waals surface area contributed by atoms with Crippen molar-refractivity contribution in [1.82, 2.24) is 14.8 Å². The van der Waals surface area contributed by atoms with E-state index in [1.54, 1.807) is 31.3 Å². The molecule has 0 bridgehead atoms. The molecule has 4 rings (SSSR count). The highest BCUT2D eigenvalue weighted by molar-refractivity contribution is 6.32. The molecule has 0 saturated heterocycles. The maximum absolute atomic E-state index is 6.41. The van der Waals surface area contributed by atoms with Crippen molar-refractivity contribution in [3.8, 4) is 28.4 Å².